The Balaban J connectivity index is 3.01. The quantitative estimate of drug-likeness (QED) is 0.580. The number of hydrogen-bond acceptors (Lipinski definition) is 3. The largest absolute Gasteiger partial charge is 0.224 e. The average Bonchev–Trinajstić information content (AvgIpc) is 2.14. The van der Waals surface area contributed by atoms with Gasteiger partial charge >= 0.3 is 0 Å². The van der Waals surface area contributed by atoms with Crippen molar-refractivity contribution in [2.75, 3.05) is 12.0 Å². The van der Waals surface area contributed by atoms with Gasteiger partial charge in [0.1, 0.15) is 0 Å². The minimum absolute atomic E-state index is 0.314. The monoisotopic (exact) mass is 226 g/mol. The molecular formula is C10H10O2S2. The predicted molar refractivity (Wildman–Crippen MR) is 60.3 cm³/mol. The highest BCUT2D eigenvalue weighted by molar-refractivity contribution is 7.90. The van der Waals surface area contributed by atoms with Crippen LogP contribution in [0.4, 0.5) is 0 Å². The van der Waals surface area contributed by atoms with E-state index in [1.54, 1.807) is 24.3 Å². The molecular weight excluding hydrogens is 216 g/mol. The van der Waals surface area contributed by atoms with Gasteiger partial charge in [-0.3, -0.25) is 0 Å². The lowest BCUT2D eigenvalue weighted by Gasteiger charge is -1.96. The van der Waals surface area contributed by atoms with Gasteiger partial charge in [-0.2, -0.15) is 12.6 Å². The minimum Gasteiger partial charge on any atom is -0.224 e. The predicted octanol–water partition coefficient (Wildman–Crippen LogP) is 1.37. The molecule has 14 heavy (non-hydrogen) atoms. The van der Waals surface area contributed by atoms with Crippen LogP contribution >= 0.6 is 12.6 Å². The van der Waals surface area contributed by atoms with Crippen LogP contribution in [0.2, 0.25) is 0 Å². The van der Waals surface area contributed by atoms with Gasteiger partial charge in [0.25, 0.3) is 0 Å². The molecule has 0 unspecified atom stereocenters. The van der Waals surface area contributed by atoms with Gasteiger partial charge < -0.3 is 0 Å². The van der Waals surface area contributed by atoms with Crippen LogP contribution < -0.4 is 0 Å². The highest BCUT2D eigenvalue weighted by Crippen LogP contribution is 2.09. The Hall–Kier alpha value is -0.920. The van der Waals surface area contributed by atoms with Crippen molar-refractivity contribution in [1.29, 1.82) is 0 Å². The molecule has 1 aromatic rings. The summed E-state index contributed by atoms with van der Waals surface area (Å²) in [6.45, 7) is 0. The first-order chi connectivity index (χ1) is 6.54. The van der Waals surface area contributed by atoms with Crippen LogP contribution in [0, 0.1) is 11.8 Å². The maximum atomic E-state index is 11.1. The van der Waals surface area contributed by atoms with Gasteiger partial charge in [-0.15, -0.1) is 0 Å². The first-order valence-corrected chi connectivity index (χ1v) is 6.46. The summed E-state index contributed by atoms with van der Waals surface area (Å²) in [5, 5.41) is 0. The van der Waals surface area contributed by atoms with E-state index in [0.29, 0.717) is 10.6 Å². The van der Waals surface area contributed by atoms with Gasteiger partial charge in [0, 0.05) is 11.8 Å². The van der Waals surface area contributed by atoms with Gasteiger partial charge in [-0.1, -0.05) is 11.8 Å². The van der Waals surface area contributed by atoms with E-state index in [2.05, 4.69) is 24.5 Å². The van der Waals surface area contributed by atoms with Crippen LogP contribution in [0.3, 0.4) is 0 Å². The van der Waals surface area contributed by atoms with E-state index in [-0.39, 0.29) is 0 Å². The Kier molecular flexibility index (Phi) is 3.62. The van der Waals surface area contributed by atoms with Crippen molar-refractivity contribution in [3.63, 3.8) is 0 Å². The average molecular weight is 226 g/mol. The molecule has 0 aliphatic carbocycles. The highest BCUT2D eigenvalue weighted by Gasteiger charge is 2.04. The maximum absolute atomic E-state index is 11.1. The summed E-state index contributed by atoms with van der Waals surface area (Å²) < 4.78 is 22.2. The molecule has 0 N–H and O–H groups in total. The molecule has 2 nitrogen and oxygen atoms in total. The molecule has 1 aromatic carbocycles. The summed E-state index contributed by atoms with van der Waals surface area (Å²) in [6, 6.07) is 6.48. The summed E-state index contributed by atoms with van der Waals surface area (Å²) in [5.74, 6) is 6.13. The van der Waals surface area contributed by atoms with E-state index in [1.165, 1.54) is 6.26 Å². The van der Waals surface area contributed by atoms with Crippen molar-refractivity contribution < 1.29 is 8.42 Å². The Morgan fingerprint density at radius 2 is 1.86 bits per heavy atom. The molecule has 0 saturated heterocycles. The molecule has 0 spiro atoms. The second-order valence-electron chi connectivity index (χ2n) is 2.76. The zero-order valence-electron chi connectivity index (χ0n) is 7.69. The summed E-state index contributed by atoms with van der Waals surface area (Å²) in [6.07, 6.45) is 1.18. The van der Waals surface area contributed by atoms with Crippen LogP contribution in [0.5, 0.6) is 0 Å². The van der Waals surface area contributed by atoms with E-state index < -0.39 is 9.84 Å². The number of thiol groups is 1. The molecule has 0 aliphatic rings. The molecule has 0 saturated carbocycles. The van der Waals surface area contributed by atoms with Crippen molar-refractivity contribution in [1.82, 2.24) is 0 Å². The highest BCUT2D eigenvalue weighted by atomic mass is 32.2. The summed E-state index contributed by atoms with van der Waals surface area (Å²) >= 11 is 3.95. The smallest absolute Gasteiger partial charge is 0.175 e. The molecule has 0 amide bonds. The molecule has 0 heterocycles. The molecule has 0 fully saturated rings. The van der Waals surface area contributed by atoms with Crippen LogP contribution in [0.1, 0.15) is 5.56 Å². The van der Waals surface area contributed by atoms with Crippen LogP contribution in [-0.2, 0) is 9.84 Å². The number of benzene rings is 1. The third-order valence-electron chi connectivity index (χ3n) is 1.59. The molecule has 0 aromatic heterocycles. The molecule has 1 rings (SSSR count). The van der Waals surface area contributed by atoms with Crippen molar-refractivity contribution >= 4 is 22.5 Å². The van der Waals surface area contributed by atoms with E-state index in [9.17, 15) is 8.42 Å². The van der Waals surface area contributed by atoms with E-state index in [1.807, 2.05) is 0 Å². The van der Waals surface area contributed by atoms with Crippen molar-refractivity contribution in [3.8, 4) is 11.8 Å². The number of sulfone groups is 1. The fraction of sp³-hybridized carbons (Fsp3) is 0.200. The molecule has 0 bridgehead atoms. The lowest BCUT2D eigenvalue weighted by atomic mass is 10.2. The van der Waals surface area contributed by atoms with Crippen LogP contribution in [-0.4, -0.2) is 20.4 Å². The van der Waals surface area contributed by atoms with Crippen molar-refractivity contribution in [2.24, 2.45) is 0 Å². The number of hydrogen-bond donors (Lipinski definition) is 1. The summed E-state index contributed by atoms with van der Waals surface area (Å²) in [7, 11) is -3.10. The van der Waals surface area contributed by atoms with E-state index in [0.717, 1.165) is 5.56 Å². The SMILES string of the molecule is CS(=O)(=O)c1ccc(C#CCS)cc1. The zero-order chi connectivity index (χ0) is 10.6. The van der Waals surface area contributed by atoms with Gasteiger partial charge in [-0.05, 0) is 24.3 Å². The lowest BCUT2D eigenvalue weighted by molar-refractivity contribution is 0.602. The van der Waals surface area contributed by atoms with Crippen LogP contribution in [0.25, 0.3) is 0 Å². The van der Waals surface area contributed by atoms with Gasteiger partial charge in [0.05, 0.1) is 10.6 Å². The van der Waals surface area contributed by atoms with Gasteiger partial charge in [0.2, 0.25) is 0 Å². The summed E-state index contributed by atoms with van der Waals surface area (Å²) in [5.41, 5.74) is 0.798. The standard InChI is InChI=1S/C10H10O2S2/c1-14(11,12)10-6-4-9(5-7-10)3-2-8-13/h4-7,13H,8H2,1H3. The van der Waals surface area contributed by atoms with Crippen molar-refractivity contribution in [2.45, 2.75) is 4.90 Å². The Morgan fingerprint density at radius 1 is 1.29 bits per heavy atom. The van der Waals surface area contributed by atoms with Gasteiger partial charge in [-0.25, -0.2) is 8.42 Å². The third-order valence-corrected chi connectivity index (χ3v) is 2.88. The molecule has 0 radical (unpaired) electrons. The lowest BCUT2D eigenvalue weighted by Crippen LogP contribution is -1.96. The zero-order valence-corrected chi connectivity index (χ0v) is 9.40. The fourth-order valence-electron chi connectivity index (χ4n) is 0.927. The normalized spacial score (nSPS) is 10.4. The number of rotatable bonds is 1. The Bertz CT molecular complexity index is 461. The maximum Gasteiger partial charge on any atom is 0.175 e. The van der Waals surface area contributed by atoms with Crippen molar-refractivity contribution in [3.05, 3.63) is 29.8 Å². The van der Waals surface area contributed by atoms with Crippen LogP contribution in [0.15, 0.2) is 29.2 Å². The molecule has 4 heteroatoms. The Labute approximate surface area is 89.7 Å². The third kappa shape index (κ3) is 3.09. The minimum atomic E-state index is -3.10. The van der Waals surface area contributed by atoms with Gasteiger partial charge in [0.15, 0.2) is 9.84 Å². The summed E-state index contributed by atoms with van der Waals surface area (Å²) in [4.78, 5) is 0.314. The second kappa shape index (κ2) is 4.54. The first-order valence-electron chi connectivity index (χ1n) is 3.94. The van der Waals surface area contributed by atoms with E-state index >= 15 is 0 Å². The molecule has 0 aliphatic heterocycles. The molecule has 74 valence electrons. The molecule has 0 atom stereocenters. The Morgan fingerprint density at radius 3 is 2.29 bits per heavy atom. The van der Waals surface area contributed by atoms with E-state index in [4.69, 9.17) is 0 Å². The second-order valence-corrected chi connectivity index (χ2v) is 5.09. The fourth-order valence-corrected chi connectivity index (χ4v) is 1.64. The topological polar surface area (TPSA) is 34.1 Å². The first kappa shape index (κ1) is 11.2.